The topological polar surface area (TPSA) is 50.2 Å². The van der Waals surface area contributed by atoms with Crippen LogP contribution in [0, 0.1) is 11.7 Å². The lowest BCUT2D eigenvalue weighted by molar-refractivity contribution is -0.118. The number of fused-ring (bicyclic) bond motifs is 1. The Balaban J connectivity index is 1.57. The molecule has 6 heteroatoms. The summed E-state index contributed by atoms with van der Waals surface area (Å²) in [6.07, 6.45) is 4.54. The maximum Gasteiger partial charge on any atom is 0.234 e. The molecule has 0 spiro atoms. The van der Waals surface area contributed by atoms with Crippen LogP contribution in [-0.4, -0.2) is 33.7 Å². The maximum atomic E-state index is 13.8. The van der Waals surface area contributed by atoms with Crippen LogP contribution in [0.2, 0.25) is 0 Å². The first kappa shape index (κ1) is 15.3. The minimum absolute atomic E-state index is 0.194. The van der Waals surface area contributed by atoms with E-state index >= 15 is 0 Å². The molecule has 5 nitrogen and oxygen atoms in total. The Morgan fingerprint density at radius 2 is 2.17 bits per heavy atom. The van der Waals surface area contributed by atoms with Gasteiger partial charge in [0.15, 0.2) is 0 Å². The molecule has 126 valence electrons. The molecule has 0 bridgehead atoms. The molecule has 2 heterocycles. The summed E-state index contributed by atoms with van der Waals surface area (Å²) in [4.78, 5) is 15.1. The predicted octanol–water partition coefficient (Wildman–Crippen LogP) is 2.51. The molecule has 1 N–H and O–H groups in total. The fourth-order valence-corrected chi connectivity index (χ4v) is 3.41. The normalized spacial score (nSPS) is 20.7. The molecule has 1 aliphatic heterocycles. The number of nitrogens with zero attached hydrogens (tertiary/aromatic N) is 3. The molecule has 2 aliphatic rings. The Bertz CT molecular complexity index is 768. The highest BCUT2D eigenvalue weighted by Gasteiger charge is 2.35. The minimum atomic E-state index is -0.419. The quantitative estimate of drug-likeness (QED) is 0.938. The molecule has 1 atom stereocenters. The number of hydrogen-bond donors (Lipinski definition) is 1. The van der Waals surface area contributed by atoms with E-state index in [1.807, 2.05) is 13.2 Å². The fraction of sp³-hybridized carbons (Fsp3) is 0.444. The summed E-state index contributed by atoms with van der Waals surface area (Å²) in [6, 6.07) is 6.25. The van der Waals surface area contributed by atoms with E-state index in [0.717, 1.165) is 30.3 Å². The lowest BCUT2D eigenvalue weighted by Gasteiger charge is -2.31. The maximum absolute atomic E-state index is 13.8. The fourth-order valence-electron chi connectivity index (χ4n) is 3.41. The van der Waals surface area contributed by atoms with Gasteiger partial charge >= 0.3 is 0 Å². The standard InChI is InChI=1S/C18H21FN4O/c1-22-9-13-10-23(8-12-6-7-12)11-14(17(13)21-22)18(24)20-16-5-3-2-4-15(16)19/h2-5,9,12,14H,6-8,10-11H2,1H3,(H,20,24)/t14-/m0/s1. The van der Waals surface area contributed by atoms with Crippen molar-refractivity contribution in [3.05, 3.63) is 47.5 Å². The second-order valence-corrected chi connectivity index (χ2v) is 6.87. The molecule has 2 aromatic rings. The van der Waals surface area contributed by atoms with Crippen molar-refractivity contribution < 1.29 is 9.18 Å². The summed E-state index contributed by atoms with van der Waals surface area (Å²) >= 11 is 0. The second-order valence-electron chi connectivity index (χ2n) is 6.87. The van der Waals surface area contributed by atoms with Crippen LogP contribution >= 0.6 is 0 Å². The van der Waals surface area contributed by atoms with Crippen LogP contribution in [0.1, 0.15) is 30.0 Å². The SMILES string of the molecule is Cn1cc2c(n1)[C@@H](C(=O)Nc1ccccc1F)CN(CC1CC1)C2. The van der Waals surface area contributed by atoms with Crippen molar-refractivity contribution in [2.75, 3.05) is 18.4 Å². The van der Waals surface area contributed by atoms with Crippen molar-refractivity contribution in [2.24, 2.45) is 13.0 Å². The monoisotopic (exact) mass is 328 g/mol. The molecule has 1 aliphatic carbocycles. The Morgan fingerprint density at radius 1 is 1.38 bits per heavy atom. The first-order valence-corrected chi connectivity index (χ1v) is 8.40. The first-order valence-electron chi connectivity index (χ1n) is 8.40. The smallest absolute Gasteiger partial charge is 0.234 e. The number of amides is 1. The number of anilines is 1. The van der Waals surface area contributed by atoms with Gasteiger partial charge in [-0.3, -0.25) is 14.4 Å². The van der Waals surface area contributed by atoms with Gasteiger partial charge in [0, 0.05) is 38.4 Å². The average molecular weight is 328 g/mol. The second kappa shape index (κ2) is 6.02. The molecule has 24 heavy (non-hydrogen) atoms. The van der Waals surface area contributed by atoms with E-state index in [-0.39, 0.29) is 17.5 Å². The number of halogens is 1. The van der Waals surface area contributed by atoms with E-state index in [4.69, 9.17) is 0 Å². The van der Waals surface area contributed by atoms with E-state index in [2.05, 4.69) is 15.3 Å². The lowest BCUT2D eigenvalue weighted by Crippen LogP contribution is -2.39. The molecule has 4 rings (SSSR count). The predicted molar refractivity (Wildman–Crippen MR) is 89.0 cm³/mol. The molecule has 0 unspecified atom stereocenters. The van der Waals surface area contributed by atoms with Crippen LogP contribution in [-0.2, 0) is 18.4 Å². The third-order valence-corrected chi connectivity index (χ3v) is 4.76. The van der Waals surface area contributed by atoms with Gasteiger partial charge in [0.05, 0.1) is 17.3 Å². The molecule has 0 radical (unpaired) electrons. The number of aryl methyl sites for hydroxylation is 1. The summed E-state index contributed by atoms with van der Waals surface area (Å²) in [6.45, 7) is 2.50. The van der Waals surface area contributed by atoms with Crippen molar-refractivity contribution in [1.82, 2.24) is 14.7 Å². The largest absolute Gasteiger partial charge is 0.323 e. The highest BCUT2D eigenvalue weighted by atomic mass is 19.1. The van der Waals surface area contributed by atoms with Gasteiger partial charge < -0.3 is 5.32 Å². The number of hydrogen-bond acceptors (Lipinski definition) is 3. The van der Waals surface area contributed by atoms with Crippen LogP contribution in [0.25, 0.3) is 0 Å². The molecular formula is C18H21FN4O. The number of aromatic nitrogens is 2. The Kier molecular flexibility index (Phi) is 3.84. The summed E-state index contributed by atoms with van der Waals surface area (Å²) in [5.41, 5.74) is 2.13. The average Bonchev–Trinajstić information content (AvgIpc) is 3.27. The van der Waals surface area contributed by atoms with Gasteiger partial charge in [0.25, 0.3) is 0 Å². The van der Waals surface area contributed by atoms with Gasteiger partial charge in [-0.2, -0.15) is 5.10 Å². The van der Waals surface area contributed by atoms with Crippen LogP contribution < -0.4 is 5.32 Å². The number of carbonyl (C=O) groups is 1. The number of nitrogens with one attached hydrogen (secondary N) is 1. The van der Waals surface area contributed by atoms with Crippen molar-refractivity contribution in [1.29, 1.82) is 0 Å². The zero-order valence-corrected chi connectivity index (χ0v) is 13.7. The van der Waals surface area contributed by atoms with Gasteiger partial charge in [-0.25, -0.2) is 4.39 Å². The Labute approximate surface area is 140 Å². The third-order valence-electron chi connectivity index (χ3n) is 4.76. The molecule has 1 saturated carbocycles. The lowest BCUT2D eigenvalue weighted by atomic mass is 9.95. The van der Waals surface area contributed by atoms with Gasteiger partial charge in [-0.15, -0.1) is 0 Å². The van der Waals surface area contributed by atoms with Gasteiger partial charge in [0.1, 0.15) is 5.82 Å². The number of rotatable bonds is 4. The van der Waals surface area contributed by atoms with E-state index in [1.54, 1.807) is 22.9 Å². The van der Waals surface area contributed by atoms with E-state index in [1.165, 1.54) is 18.9 Å². The summed E-state index contributed by atoms with van der Waals surface area (Å²) in [7, 11) is 1.87. The van der Waals surface area contributed by atoms with Gasteiger partial charge in [-0.05, 0) is 30.9 Å². The van der Waals surface area contributed by atoms with E-state index in [0.29, 0.717) is 6.54 Å². The summed E-state index contributed by atoms with van der Waals surface area (Å²) in [5.74, 6) is -0.218. The number of para-hydroxylation sites is 1. The van der Waals surface area contributed by atoms with Gasteiger partial charge in [-0.1, -0.05) is 12.1 Å². The summed E-state index contributed by atoms with van der Waals surface area (Å²) in [5, 5.41) is 7.21. The molecule has 0 saturated heterocycles. The van der Waals surface area contributed by atoms with Crippen molar-refractivity contribution in [2.45, 2.75) is 25.3 Å². The molecule has 1 amide bonds. The van der Waals surface area contributed by atoms with Crippen LogP contribution in [0.5, 0.6) is 0 Å². The molecule has 1 aromatic heterocycles. The molecular weight excluding hydrogens is 307 g/mol. The first-order chi connectivity index (χ1) is 11.6. The highest BCUT2D eigenvalue weighted by molar-refractivity contribution is 5.96. The van der Waals surface area contributed by atoms with Crippen molar-refractivity contribution >= 4 is 11.6 Å². The zero-order chi connectivity index (χ0) is 16.7. The third kappa shape index (κ3) is 3.06. The highest BCUT2D eigenvalue weighted by Crippen LogP contribution is 2.34. The minimum Gasteiger partial charge on any atom is -0.323 e. The Hall–Kier alpha value is -2.21. The Morgan fingerprint density at radius 3 is 2.92 bits per heavy atom. The van der Waals surface area contributed by atoms with Crippen LogP contribution in [0.15, 0.2) is 30.5 Å². The van der Waals surface area contributed by atoms with Gasteiger partial charge in [0.2, 0.25) is 5.91 Å². The zero-order valence-electron chi connectivity index (χ0n) is 13.7. The van der Waals surface area contributed by atoms with E-state index < -0.39 is 5.82 Å². The molecule has 1 fully saturated rings. The number of carbonyl (C=O) groups excluding carboxylic acids is 1. The van der Waals surface area contributed by atoms with Crippen LogP contribution in [0.3, 0.4) is 0 Å². The molecule has 1 aromatic carbocycles. The van der Waals surface area contributed by atoms with Crippen molar-refractivity contribution in [3.8, 4) is 0 Å². The van der Waals surface area contributed by atoms with Crippen LogP contribution in [0.4, 0.5) is 10.1 Å². The number of benzene rings is 1. The van der Waals surface area contributed by atoms with E-state index in [9.17, 15) is 9.18 Å². The summed E-state index contributed by atoms with van der Waals surface area (Å²) < 4.78 is 15.6. The van der Waals surface area contributed by atoms with Crippen molar-refractivity contribution in [3.63, 3.8) is 0 Å².